The Labute approximate surface area is 91.5 Å². The van der Waals surface area contributed by atoms with Gasteiger partial charge < -0.3 is 0 Å². The Kier molecular flexibility index (Phi) is 6.48. The molecule has 0 aromatic heterocycles. The van der Waals surface area contributed by atoms with Crippen molar-refractivity contribution in [1.82, 2.24) is 0 Å². The van der Waals surface area contributed by atoms with Crippen LogP contribution in [0, 0.1) is 17.3 Å². The molecule has 0 N–H and O–H groups in total. The fourth-order valence-electron chi connectivity index (χ4n) is 1.63. The highest BCUT2D eigenvalue weighted by Crippen LogP contribution is 2.23. The molecule has 0 radical (unpaired) electrons. The van der Waals surface area contributed by atoms with E-state index in [2.05, 4.69) is 41.5 Å². The summed E-state index contributed by atoms with van der Waals surface area (Å²) >= 11 is 0. The smallest absolute Gasteiger partial charge is 0.0383 e. The van der Waals surface area contributed by atoms with Crippen molar-refractivity contribution < 1.29 is 0 Å². The zero-order valence-corrected chi connectivity index (χ0v) is 11.2. The Bertz CT molecular complexity index is 127. The second-order valence-corrected chi connectivity index (χ2v) is 6.38. The third kappa shape index (κ3) is 8.59. The first-order chi connectivity index (χ1) is 6.33. The van der Waals surface area contributed by atoms with Crippen LogP contribution >= 0.6 is 0 Å². The van der Waals surface area contributed by atoms with Crippen LogP contribution in [-0.4, -0.2) is 0 Å². The van der Waals surface area contributed by atoms with Crippen molar-refractivity contribution in [3.8, 4) is 0 Å². The number of hydrogen-bond donors (Lipinski definition) is 0. The molecule has 0 saturated carbocycles. The molecule has 0 amide bonds. The van der Waals surface area contributed by atoms with Crippen LogP contribution in [0.3, 0.4) is 0 Å². The molecule has 0 fully saturated rings. The lowest BCUT2D eigenvalue weighted by molar-refractivity contribution is 0.340. The van der Waals surface area contributed by atoms with Gasteiger partial charge in [-0.05, 0) is 23.7 Å². The predicted molar refractivity (Wildman–Crippen MR) is 66.5 cm³/mol. The monoisotopic (exact) mass is 198 g/mol. The molecule has 0 aliphatic carbocycles. The molecule has 0 aliphatic heterocycles. The summed E-state index contributed by atoms with van der Waals surface area (Å²) in [5.41, 5.74) is 0.531. The van der Waals surface area contributed by atoms with Crippen molar-refractivity contribution in [2.75, 3.05) is 0 Å². The van der Waals surface area contributed by atoms with Gasteiger partial charge in [0.25, 0.3) is 0 Å². The molecule has 0 bridgehead atoms. The maximum absolute atomic E-state index is 2.38. The van der Waals surface area contributed by atoms with Gasteiger partial charge in [-0.2, -0.15) is 0 Å². The van der Waals surface area contributed by atoms with E-state index in [0.29, 0.717) is 5.41 Å². The Morgan fingerprint density at radius 3 is 1.86 bits per heavy atom. The predicted octanol–water partition coefficient (Wildman–Crippen LogP) is 5.28. The third-order valence-electron chi connectivity index (χ3n) is 3.22. The van der Waals surface area contributed by atoms with Crippen LogP contribution in [0.15, 0.2) is 0 Å². The van der Waals surface area contributed by atoms with Crippen LogP contribution in [0.4, 0.5) is 0 Å². The summed E-state index contributed by atoms with van der Waals surface area (Å²) in [6.45, 7) is 14.1. The maximum Gasteiger partial charge on any atom is -0.0383 e. The molecule has 0 aliphatic rings. The Hall–Kier alpha value is 0. The third-order valence-corrected chi connectivity index (χ3v) is 3.22. The molecule has 0 heteroatoms. The molecule has 0 rings (SSSR count). The van der Waals surface area contributed by atoms with Gasteiger partial charge >= 0.3 is 0 Å². The highest BCUT2D eigenvalue weighted by atomic mass is 14.2. The lowest BCUT2D eigenvalue weighted by Gasteiger charge is -2.18. The number of hydrogen-bond acceptors (Lipinski definition) is 0. The largest absolute Gasteiger partial charge is 0.0625 e. The van der Waals surface area contributed by atoms with Crippen LogP contribution in [0.5, 0.6) is 0 Å². The van der Waals surface area contributed by atoms with Crippen LogP contribution in [0.2, 0.25) is 0 Å². The van der Waals surface area contributed by atoms with Gasteiger partial charge in [-0.1, -0.05) is 67.2 Å². The van der Waals surface area contributed by atoms with Crippen molar-refractivity contribution in [3.05, 3.63) is 0 Å². The molecule has 0 nitrogen and oxygen atoms in total. The summed E-state index contributed by atoms with van der Waals surface area (Å²) in [5.74, 6) is 1.77. The first-order valence-corrected chi connectivity index (χ1v) is 6.33. The summed E-state index contributed by atoms with van der Waals surface area (Å²) in [6, 6.07) is 0. The highest BCUT2D eigenvalue weighted by Gasteiger charge is 2.10. The molecule has 1 atom stereocenters. The average molecular weight is 198 g/mol. The van der Waals surface area contributed by atoms with Gasteiger partial charge in [-0.3, -0.25) is 0 Å². The fraction of sp³-hybridized carbons (Fsp3) is 1.00. The van der Waals surface area contributed by atoms with E-state index in [4.69, 9.17) is 0 Å². The second kappa shape index (κ2) is 6.48. The summed E-state index contributed by atoms with van der Waals surface area (Å²) in [4.78, 5) is 0. The quantitative estimate of drug-likeness (QED) is 0.510. The van der Waals surface area contributed by atoms with Gasteiger partial charge in [-0.15, -0.1) is 0 Å². The van der Waals surface area contributed by atoms with E-state index in [-0.39, 0.29) is 0 Å². The van der Waals surface area contributed by atoms with Gasteiger partial charge in [0.2, 0.25) is 0 Å². The molecule has 0 aromatic rings. The molecule has 14 heavy (non-hydrogen) atoms. The zero-order valence-electron chi connectivity index (χ0n) is 11.2. The van der Waals surface area contributed by atoms with E-state index in [1.54, 1.807) is 0 Å². The fourth-order valence-corrected chi connectivity index (χ4v) is 1.63. The average Bonchev–Trinajstić information content (AvgIpc) is 2.01. The molecular weight excluding hydrogens is 168 g/mol. The van der Waals surface area contributed by atoms with Gasteiger partial charge in [0, 0.05) is 0 Å². The molecule has 86 valence electrons. The minimum atomic E-state index is 0.531. The Morgan fingerprint density at radius 2 is 1.43 bits per heavy atom. The van der Waals surface area contributed by atoms with E-state index in [1.807, 2.05) is 0 Å². The normalized spacial score (nSPS) is 14.8. The first kappa shape index (κ1) is 14.0. The standard InChI is InChI=1S/C14H30/c1-12(2)13(3)10-8-7-9-11-14(4,5)6/h12-13H,7-11H2,1-6H3. The van der Waals surface area contributed by atoms with Gasteiger partial charge in [0.05, 0.1) is 0 Å². The number of rotatable bonds is 6. The van der Waals surface area contributed by atoms with Crippen molar-refractivity contribution in [2.45, 2.75) is 73.6 Å². The van der Waals surface area contributed by atoms with Gasteiger partial charge in [0.15, 0.2) is 0 Å². The van der Waals surface area contributed by atoms with E-state index in [9.17, 15) is 0 Å². The summed E-state index contributed by atoms with van der Waals surface area (Å²) in [6.07, 6.45) is 7.06. The minimum absolute atomic E-state index is 0.531. The van der Waals surface area contributed by atoms with Crippen LogP contribution in [0.1, 0.15) is 73.6 Å². The maximum atomic E-state index is 2.38. The van der Waals surface area contributed by atoms with Crippen LogP contribution in [0.25, 0.3) is 0 Å². The van der Waals surface area contributed by atoms with Crippen molar-refractivity contribution in [1.29, 1.82) is 0 Å². The van der Waals surface area contributed by atoms with E-state index >= 15 is 0 Å². The first-order valence-electron chi connectivity index (χ1n) is 6.33. The minimum Gasteiger partial charge on any atom is -0.0625 e. The van der Waals surface area contributed by atoms with Crippen LogP contribution < -0.4 is 0 Å². The lowest BCUT2D eigenvalue weighted by atomic mass is 9.88. The highest BCUT2D eigenvalue weighted by molar-refractivity contribution is 4.62. The number of unbranched alkanes of at least 4 members (excludes halogenated alkanes) is 2. The van der Waals surface area contributed by atoms with Crippen molar-refractivity contribution >= 4 is 0 Å². The summed E-state index contributed by atoms with van der Waals surface area (Å²) in [5, 5.41) is 0. The summed E-state index contributed by atoms with van der Waals surface area (Å²) < 4.78 is 0. The van der Waals surface area contributed by atoms with Gasteiger partial charge in [0.1, 0.15) is 0 Å². The zero-order chi connectivity index (χ0) is 11.2. The SMILES string of the molecule is CC(C)C(C)CCCCCC(C)(C)C. The molecule has 0 heterocycles. The van der Waals surface area contributed by atoms with E-state index < -0.39 is 0 Å². The molecule has 0 aromatic carbocycles. The van der Waals surface area contributed by atoms with E-state index in [1.165, 1.54) is 32.1 Å². The van der Waals surface area contributed by atoms with Crippen molar-refractivity contribution in [2.24, 2.45) is 17.3 Å². The van der Waals surface area contributed by atoms with Crippen LogP contribution in [-0.2, 0) is 0 Å². The van der Waals surface area contributed by atoms with Crippen molar-refractivity contribution in [3.63, 3.8) is 0 Å². The summed E-state index contributed by atoms with van der Waals surface area (Å²) in [7, 11) is 0. The molecule has 0 spiro atoms. The second-order valence-electron chi connectivity index (χ2n) is 6.38. The lowest BCUT2D eigenvalue weighted by Crippen LogP contribution is -2.05. The molecule has 1 unspecified atom stereocenters. The Morgan fingerprint density at radius 1 is 0.857 bits per heavy atom. The molecular formula is C14H30. The topological polar surface area (TPSA) is 0 Å². The van der Waals surface area contributed by atoms with E-state index in [0.717, 1.165) is 11.8 Å². The van der Waals surface area contributed by atoms with Gasteiger partial charge in [-0.25, -0.2) is 0 Å². The molecule has 0 saturated heterocycles. The Balaban J connectivity index is 3.30.